The second-order valence-corrected chi connectivity index (χ2v) is 7.14. The molecule has 2 aromatic heterocycles. The third-order valence-electron chi connectivity index (χ3n) is 3.73. The Morgan fingerprint density at radius 3 is 1.92 bits per heavy atom. The predicted octanol–water partition coefficient (Wildman–Crippen LogP) is 6.25. The number of hydrogen-bond donors (Lipinski definition) is 0. The summed E-state index contributed by atoms with van der Waals surface area (Å²) in [5.74, 6) is 0.892. The normalized spacial score (nSPS) is 11.1. The van der Waals surface area contributed by atoms with Gasteiger partial charge in [0.2, 0.25) is 0 Å². The fraction of sp³-hybridized carbons (Fsp3) is 0. The molecule has 5 heteroatoms. The molecule has 0 radical (unpaired) electrons. The molecule has 3 nitrogen and oxygen atoms in total. The Kier molecular flexibility index (Phi) is 3.90. The summed E-state index contributed by atoms with van der Waals surface area (Å²) in [4.78, 5) is 11.9. The van der Waals surface area contributed by atoms with Crippen molar-refractivity contribution in [2.45, 2.75) is 0 Å². The number of furan rings is 1. The molecule has 0 aliphatic heterocycles. The average Bonchev–Trinajstić information content (AvgIpc) is 2.99. The Hall–Kier alpha value is -2.11. The van der Waals surface area contributed by atoms with Crippen LogP contribution >= 0.6 is 31.9 Å². The van der Waals surface area contributed by atoms with Gasteiger partial charge in [0.1, 0.15) is 5.76 Å². The van der Waals surface area contributed by atoms with Crippen LogP contribution in [0.2, 0.25) is 0 Å². The zero-order valence-corrected chi connectivity index (χ0v) is 15.4. The van der Waals surface area contributed by atoms with Gasteiger partial charge >= 0.3 is 11.4 Å². The van der Waals surface area contributed by atoms with Gasteiger partial charge in [-0.3, -0.25) is 0 Å². The summed E-state index contributed by atoms with van der Waals surface area (Å²) in [6.45, 7) is 0. The van der Waals surface area contributed by atoms with Gasteiger partial charge in [0.05, 0.1) is 5.39 Å². The maximum absolute atomic E-state index is 11.9. The minimum atomic E-state index is -0.433. The van der Waals surface area contributed by atoms with Gasteiger partial charge in [-0.1, -0.05) is 56.1 Å². The van der Waals surface area contributed by atoms with E-state index in [9.17, 15) is 4.79 Å². The van der Waals surface area contributed by atoms with E-state index in [0.29, 0.717) is 5.76 Å². The van der Waals surface area contributed by atoms with Crippen LogP contribution in [-0.4, -0.2) is 0 Å². The van der Waals surface area contributed by atoms with E-state index in [0.717, 1.165) is 31.0 Å². The lowest BCUT2D eigenvalue weighted by Crippen LogP contribution is -1.96. The molecule has 0 saturated carbocycles. The highest BCUT2D eigenvalue weighted by atomic mass is 79.9. The van der Waals surface area contributed by atoms with Gasteiger partial charge < -0.3 is 8.83 Å². The lowest BCUT2D eigenvalue weighted by molar-refractivity contribution is 0.456. The first-order valence-corrected chi connectivity index (χ1v) is 8.78. The molecule has 0 amide bonds. The standard InChI is InChI=1S/C19H10Br2O3/c20-13-5-1-11(2-6-13)15-10-18(22)24-19-16(15)9-17(23-19)12-3-7-14(21)8-4-12/h1-10H. The molecule has 0 aliphatic carbocycles. The Balaban J connectivity index is 1.93. The molecule has 0 bridgehead atoms. The Labute approximate surface area is 154 Å². The molecule has 0 saturated heterocycles. The van der Waals surface area contributed by atoms with E-state index in [1.165, 1.54) is 6.07 Å². The first-order valence-electron chi connectivity index (χ1n) is 7.20. The van der Waals surface area contributed by atoms with E-state index in [1.807, 2.05) is 54.6 Å². The van der Waals surface area contributed by atoms with Crippen molar-refractivity contribution in [2.24, 2.45) is 0 Å². The first-order chi connectivity index (χ1) is 11.6. The molecule has 0 spiro atoms. The van der Waals surface area contributed by atoms with Crippen molar-refractivity contribution >= 4 is 43.0 Å². The van der Waals surface area contributed by atoms with Crippen LogP contribution in [0.4, 0.5) is 0 Å². The van der Waals surface area contributed by atoms with Crippen molar-refractivity contribution in [3.63, 3.8) is 0 Å². The van der Waals surface area contributed by atoms with Crippen LogP contribution in [0, 0.1) is 0 Å². The number of rotatable bonds is 2. The molecule has 4 rings (SSSR count). The molecule has 0 unspecified atom stereocenters. The summed E-state index contributed by atoms with van der Waals surface area (Å²) in [6, 6.07) is 18.9. The van der Waals surface area contributed by atoms with Crippen molar-refractivity contribution < 1.29 is 8.83 Å². The quantitative estimate of drug-likeness (QED) is 0.366. The van der Waals surface area contributed by atoms with Crippen LogP contribution in [0.15, 0.2) is 83.2 Å². The maximum atomic E-state index is 11.9. The van der Waals surface area contributed by atoms with Crippen LogP contribution in [0.1, 0.15) is 0 Å². The molecule has 2 aromatic carbocycles. The predicted molar refractivity (Wildman–Crippen MR) is 101 cm³/mol. The smallest absolute Gasteiger partial charge is 0.339 e. The summed E-state index contributed by atoms with van der Waals surface area (Å²) in [5.41, 5.74) is 2.20. The van der Waals surface area contributed by atoms with Crippen LogP contribution in [-0.2, 0) is 0 Å². The average molecular weight is 446 g/mol. The van der Waals surface area contributed by atoms with E-state index in [2.05, 4.69) is 31.9 Å². The van der Waals surface area contributed by atoms with E-state index in [-0.39, 0.29) is 5.78 Å². The van der Waals surface area contributed by atoms with Crippen LogP contribution in [0.3, 0.4) is 0 Å². The van der Waals surface area contributed by atoms with Gasteiger partial charge in [0, 0.05) is 26.1 Å². The molecular formula is C19H10Br2O3. The molecule has 0 fully saturated rings. The molecule has 118 valence electrons. The molecule has 0 atom stereocenters. The lowest BCUT2D eigenvalue weighted by atomic mass is 10.0. The van der Waals surface area contributed by atoms with Gasteiger partial charge in [-0.05, 0) is 35.9 Å². The molecule has 24 heavy (non-hydrogen) atoms. The number of hydrogen-bond acceptors (Lipinski definition) is 3. The number of benzene rings is 2. The molecule has 2 heterocycles. The zero-order chi connectivity index (χ0) is 16.7. The van der Waals surface area contributed by atoms with E-state index < -0.39 is 5.63 Å². The first kappa shape index (κ1) is 15.4. The topological polar surface area (TPSA) is 43.4 Å². The minimum absolute atomic E-state index is 0.235. The summed E-state index contributed by atoms with van der Waals surface area (Å²) < 4.78 is 13.0. The van der Waals surface area contributed by atoms with Crippen LogP contribution < -0.4 is 5.63 Å². The minimum Gasteiger partial charge on any atom is -0.425 e. The van der Waals surface area contributed by atoms with Crippen LogP contribution in [0.5, 0.6) is 0 Å². The highest BCUT2D eigenvalue weighted by molar-refractivity contribution is 9.10. The van der Waals surface area contributed by atoms with Crippen molar-refractivity contribution in [2.75, 3.05) is 0 Å². The third kappa shape index (κ3) is 2.85. The Morgan fingerprint density at radius 2 is 1.29 bits per heavy atom. The van der Waals surface area contributed by atoms with Crippen LogP contribution in [0.25, 0.3) is 33.6 Å². The van der Waals surface area contributed by atoms with Gasteiger partial charge in [-0.2, -0.15) is 0 Å². The fourth-order valence-corrected chi connectivity index (χ4v) is 3.11. The zero-order valence-electron chi connectivity index (χ0n) is 12.3. The largest absolute Gasteiger partial charge is 0.425 e. The fourth-order valence-electron chi connectivity index (χ4n) is 2.58. The van der Waals surface area contributed by atoms with Crippen molar-refractivity contribution in [1.82, 2.24) is 0 Å². The molecule has 0 aliphatic rings. The number of fused-ring (bicyclic) bond motifs is 1. The highest BCUT2D eigenvalue weighted by Gasteiger charge is 2.14. The molecular weight excluding hydrogens is 436 g/mol. The van der Waals surface area contributed by atoms with E-state index in [4.69, 9.17) is 8.83 Å². The SMILES string of the molecule is O=c1cc(-c2ccc(Br)cc2)c2cc(-c3ccc(Br)cc3)oc2o1. The van der Waals surface area contributed by atoms with Crippen molar-refractivity contribution in [3.05, 3.63) is 80.0 Å². The Morgan fingerprint density at radius 1 is 0.708 bits per heavy atom. The lowest BCUT2D eigenvalue weighted by Gasteiger charge is -2.01. The summed E-state index contributed by atoms with van der Waals surface area (Å²) in [5, 5.41) is 0.773. The molecule has 4 aromatic rings. The van der Waals surface area contributed by atoms with E-state index in [1.54, 1.807) is 0 Å². The van der Waals surface area contributed by atoms with Crippen molar-refractivity contribution in [3.8, 4) is 22.5 Å². The Bertz CT molecular complexity index is 1070. The number of halogens is 2. The van der Waals surface area contributed by atoms with E-state index >= 15 is 0 Å². The van der Waals surface area contributed by atoms with Crippen molar-refractivity contribution in [1.29, 1.82) is 0 Å². The maximum Gasteiger partial charge on any atom is 0.339 e. The monoisotopic (exact) mass is 444 g/mol. The summed E-state index contributed by atoms with van der Waals surface area (Å²) in [6.07, 6.45) is 0. The van der Waals surface area contributed by atoms with Gasteiger partial charge in [0.25, 0.3) is 0 Å². The van der Waals surface area contributed by atoms with Gasteiger partial charge in [-0.15, -0.1) is 0 Å². The highest BCUT2D eigenvalue weighted by Crippen LogP contribution is 2.34. The molecule has 0 N–H and O–H groups in total. The van der Waals surface area contributed by atoms with Gasteiger partial charge in [-0.25, -0.2) is 4.79 Å². The third-order valence-corrected chi connectivity index (χ3v) is 4.78. The summed E-state index contributed by atoms with van der Waals surface area (Å²) >= 11 is 6.84. The van der Waals surface area contributed by atoms with Gasteiger partial charge in [0.15, 0.2) is 0 Å². The second kappa shape index (κ2) is 6.07. The summed E-state index contributed by atoms with van der Waals surface area (Å²) in [7, 11) is 0. The second-order valence-electron chi connectivity index (χ2n) is 5.30.